The van der Waals surface area contributed by atoms with Gasteiger partial charge in [-0.2, -0.15) is 0 Å². The van der Waals surface area contributed by atoms with Crippen LogP contribution in [0.1, 0.15) is 29.0 Å². The molecule has 3 rings (SSSR count). The number of fused-ring (bicyclic) bond motifs is 1. The summed E-state index contributed by atoms with van der Waals surface area (Å²) in [5.41, 5.74) is 2.31. The minimum atomic E-state index is -0.00477. The van der Waals surface area contributed by atoms with E-state index in [1.807, 2.05) is 37.3 Å². The largest absolute Gasteiger partial charge is 0.349 e. The summed E-state index contributed by atoms with van der Waals surface area (Å²) >= 11 is 3.14. The normalized spacial score (nSPS) is 12.3. The number of carbonyl (C=O) groups is 1. The van der Waals surface area contributed by atoms with Gasteiger partial charge in [-0.15, -0.1) is 11.3 Å². The quantitative estimate of drug-likeness (QED) is 0.547. The molecule has 0 radical (unpaired) electrons. The molecule has 0 aliphatic heterocycles. The van der Waals surface area contributed by atoms with Gasteiger partial charge < -0.3 is 5.32 Å². The van der Waals surface area contributed by atoms with Gasteiger partial charge in [0.1, 0.15) is 16.2 Å². The lowest BCUT2D eigenvalue weighted by atomic mass is 10.1. The third-order valence-corrected chi connectivity index (χ3v) is 6.05. The van der Waals surface area contributed by atoms with Crippen molar-refractivity contribution in [3.8, 4) is 0 Å². The number of carbonyl (C=O) groups excluding carboxylic acids is 1. The van der Waals surface area contributed by atoms with Gasteiger partial charge in [0, 0.05) is 10.3 Å². The van der Waals surface area contributed by atoms with Crippen molar-refractivity contribution in [2.24, 2.45) is 0 Å². The molecule has 1 aromatic carbocycles. The predicted molar refractivity (Wildman–Crippen MR) is 101 cm³/mol. The highest BCUT2D eigenvalue weighted by molar-refractivity contribution is 8.00. The second kappa shape index (κ2) is 7.32. The Morgan fingerprint density at radius 3 is 2.75 bits per heavy atom. The van der Waals surface area contributed by atoms with Gasteiger partial charge in [0.05, 0.1) is 11.8 Å². The minimum absolute atomic E-state index is 0.00477. The summed E-state index contributed by atoms with van der Waals surface area (Å²) in [5, 5.41) is 4.99. The Kier molecular flexibility index (Phi) is 5.16. The predicted octanol–water partition coefficient (Wildman–Crippen LogP) is 4.28. The fourth-order valence-electron chi connectivity index (χ4n) is 2.50. The molecular formula is C18H19N3OS2. The fraction of sp³-hybridized carbons (Fsp3) is 0.278. The molecule has 24 heavy (non-hydrogen) atoms. The SMILES string of the molecule is Cc1sc2ncnc(SCC(=O)N[C@H](C)c3ccccc3)c2c1C. The number of aromatic nitrogens is 2. The van der Waals surface area contributed by atoms with Gasteiger partial charge in [0.15, 0.2) is 0 Å². The highest BCUT2D eigenvalue weighted by Gasteiger charge is 2.14. The van der Waals surface area contributed by atoms with Crippen molar-refractivity contribution in [2.45, 2.75) is 31.8 Å². The zero-order chi connectivity index (χ0) is 17.1. The third-order valence-electron chi connectivity index (χ3n) is 3.95. The number of thiophene rings is 1. The average Bonchev–Trinajstić information content (AvgIpc) is 2.89. The first-order valence-electron chi connectivity index (χ1n) is 7.74. The second-order valence-electron chi connectivity index (χ2n) is 5.63. The molecule has 1 amide bonds. The van der Waals surface area contributed by atoms with Crippen LogP contribution in [0.5, 0.6) is 0 Å². The van der Waals surface area contributed by atoms with E-state index < -0.39 is 0 Å². The molecule has 0 unspecified atom stereocenters. The molecule has 3 aromatic rings. The Hall–Kier alpha value is -1.92. The molecule has 0 aliphatic carbocycles. The van der Waals surface area contributed by atoms with Crippen molar-refractivity contribution in [3.63, 3.8) is 0 Å². The number of thioether (sulfide) groups is 1. The molecule has 1 atom stereocenters. The lowest BCUT2D eigenvalue weighted by Gasteiger charge is -2.14. The smallest absolute Gasteiger partial charge is 0.230 e. The van der Waals surface area contributed by atoms with Gasteiger partial charge in [-0.3, -0.25) is 4.79 Å². The van der Waals surface area contributed by atoms with Crippen molar-refractivity contribution in [3.05, 3.63) is 52.7 Å². The standard InChI is InChI=1S/C18H19N3OS2/c1-11-13(3)24-18-16(11)17(19-10-20-18)23-9-15(22)21-12(2)14-7-5-4-6-8-14/h4-8,10,12H,9H2,1-3H3,(H,21,22)/t12-/m1/s1. The summed E-state index contributed by atoms with van der Waals surface area (Å²) < 4.78 is 0. The number of hydrogen-bond donors (Lipinski definition) is 1. The van der Waals surface area contributed by atoms with Crippen LogP contribution < -0.4 is 5.32 Å². The summed E-state index contributed by atoms with van der Waals surface area (Å²) in [6.07, 6.45) is 1.57. The molecule has 0 saturated heterocycles. The average molecular weight is 358 g/mol. The van der Waals surface area contributed by atoms with E-state index in [-0.39, 0.29) is 11.9 Å². The van der Waals surface area contributed by atoms with Crippen molar-refractivity contribution in [1.29, 1.82) is 0 Å². The molecule has 0 fully saturated rings. The van der Waals surface area contributed by atoms with E-state index in [1.165, 1.54) is 22.2 Å². The van der Waals surface area contributed by atoms with Crippen LogP contribution in [0.15, 0.2) is 41.7 Å². The van der Waals surface area contributed by atoms with Gasteiger partial charge in [0.25, 0.3) is 0 Å². The van der Waals surface area contributed by atoms with Crippen molar-refractivity contribution in [2.75, 3.05) is 5.75 Å². The maximum atomic E-state index is 12.3. The lowest BCUT2D eigenvalue weighted by molar-refractivity contribution is -0.119. The Bertz CT molecular complexity index is 861. The summed E-state index contributed by atoms with van der Waals surface area (Å²) in [5.74, 6) is 0.352. The Morgan fingerprint density at radius 1 is 1.25 bits per heavy atom. The molecule has 0 bridgehead atoms. The van der Waals surface area contributed by atoms with E-state index in [4.69, 9.17) is 0 Å². The van der Waals surface area contributed by atoms with E-state index in [0.29, 0.717) is 5.75 Å². The molecule has 1 N–H and O–H groups in total. The number of rotatable bonds is 5. The van der Waals surface area contributed by atoms with Crippen LogP contribution in [-0.4, -0.2) is 21.6 Å². The molecule has 2 aromatic heterocycles. The fourth-order valence-corrected chi connectivity index (χ4v) is 4.43. The molecule has 2 heterocycles. The number of aryl methyl sites for hydroxylation is 2. The van der Waals surface area contributed by atoms with Crippen LogP contribution in [0.25, 0.3) is 10.2 Å². The first-order valence-corrected chi connectivity index (χ1v) is 9.54. The van der Waals surface area contributed by atoms with E-state index in [9.17, 15) is 4.79 Å². The van der Waals surface area contributed by atoms with E-state index >= 15 is 0 Å². The summed E-state index contributed by atoms with van der Waals surface area (Å²) in [4.78, 5) is 23.2. The molecule has 6 heteroatoms. The number of nitrogens with zero attached hydrogens (tertiary/aromatic N) is 2. The van der Waals surface area contributed by atoms with Crippen LogP contribution >= 0.6 is 23.1 Å². The maximum Gasteiger partial charge on any atom is 0.230 e. The van der Waals surface area contributed by atoms with Gasteiger partial charge in [-0.25, -0.2) is 9.97 Å². The van der Waals surface area contributed by atoms with Gasteiger partial charge in [0.2, 0.25) is 5.91 Å². The topological polar surface area (TPSA) is 54.9 Å². The highest BCUT2D eigenvalue weighted by Crippen LogP contribution is 2.34. The summed E-state index contributed by atoms with van der Waals surface area (Å²) in [6.45, 7) is 6.16. The molecule has 0 saturated carbocycles. The van der Waals surface area contributed by atoms with E-state index in [1.54, 1.807) is 17.7 Å². The van der Waals surface area contributed by atoms with Crippen LogP contribution in [-0.2, 0) is 4.79 Å². The molecule has 0 aliphatic rings. The zero-order valence-corrected chi connectivity index (χ0v) is 15.5. The van der Waals surface area contributed by atoms with Gasteiger partial charge in [-0.1, -0.05) is 42.1 Å². The van der Waals surface area contributed by atoms with Crippen LogP contribution in [0.3, 0.4) is 0 Å². The third kappa shape index (κ3) is 3.60. The summed E-state index contributed by atoms with van der Waals surface area (Å²) in [6, 6.07) is 9.96. The monoisotopic (exact) mass is 357 g/mol. The first kappa shape index (κ1) is 16.9. The Labute approximate surface area is 149 Å². The van der Waals surface area contributed by atoms with E-state index in [2.05, 4.69) is 29.1 Å². The number of nitrogens with one attached hydrogen (secondary N) is 1. The number of hydrogen-bond acceptors (Lipinski definition) is 5. The summed E-state index contributed by atoms with van der Waals surface area (Å²) in [7, 11) is 0. The molecule has 0 spiro atoms. The molecule has 4 nitrogen and oxygen atoms in total. The Morgan fingerprint density at radius 2 is 2.00 bits per heavy atom. The van der Waals surface area contributed by atoms with Crippen LogP contribution in [0, 0.1) is 13.8 Å². The van der Waals surface area contributed by atoms with Crippen LogP contribution in [0.2, 0.25) is 0 Å². The molecular weight excluding hydrogens is 338 g/mol. The Balaban J connectivity index is 1.67. The highest BCUT2D eigenvalue weighted by atomic mass is 32.2. The zero-order valence-electron chi connectivity index (χ0n) is 13.9. The second-order valence-corrected chi connectivity index (χ2v) is 7.80. The van der Waals surface area contributed by atoms with Crippen molar-refractivity contribution >= 4 is 39.2 Å². The number of amides is 1. The van der Waals surface area contributed by atoms with E-state index in [0.717, 1.165) is 20.8 Å². The first-order chi connectivity index (χ1) is 11.6. The molecule has 124 valence electrons. The van der Waals surface area contributed by atoms with Gasteiger partial charge in [-0.05, 0) is 31.9 Å². The van der Waals surface area contributed by atoms with Crippen molar-refractivity contribution in [1.82, 2.24) is 15.3 Å². The van der Waals surface area contributed by atoms with Gasteiger partial charge >= 0.3 is 0 Å². The van der Waals surface area contributed by atoms with Crippen LogP contribution in [0.4, 0.5) is 0 Å². The minimum Gasteiger partial charge on any atom is -0.349 e. The lowest BCUT2D eigenvalue weighted by Crippen LogP contribution is -2.28. The van der Waals surface area contributed by atoms with Crippen molar-refractivity contribution < 1.29 is 4.79 Å². The number of benzene rings is 1. The maximum absolute atomic E-state index is 12.3.